The Labute approximate surface area is 293 Å². The molecule has 0 spiro atoms. The summed E-state index contributed by atoms with van der Waals surface area (Å²) in [6, 6.07) is 65.5. The smallest absolute Gasteiger partial charge is 0.159 e. The molecule has 3 heteroatoms. The van der Waals surface area contributed by atoms with Crippen molar-refractivity contribution in [3.63, 3.8) is 0 Å². The Morgan fingerprint density at radius 2 is 0.922 bits per heavy atom. The lowest BCUT2D eigenvalue weighted by atomic mass is 9.92. The van der Waals surface area contributed by atoms with Crippen molar-refractivity contribution in [1.82, 2.24) is 9.13 Å². The highest BCUT2D eigenvalue weighted by Gasteiger charge is 2.21. The highest BCUT2D eigenvalue weighted by atomic mass is 16.3. The fraction of sp³-hybridized carbons (Fsp3) is 0. The molecule has 0 aliphatic heterocycles. The first-order chi connectivity index (χ1) is 25.3. The van der Waals surface area contributed by atoms with Gasteiger partial charge in [0.25, 0.3) is 0 Å². The van der Waals surface area contributed by atoms with Crippen molar-refractivity contribution < 1.29 is 4.42 Å². The number of para-hydroxylation sites is 5. The fourth-order valence-electron chi connectivity index (χ4n) is 8.27. The molecule has 0 amide bonds. The van der Waals surface area contributed by atoms with Gasteiger partial charge < -0.3 is 13.6 Å². The Balaban J connectivity index is 1.25. The number of fused-ring (bicyclic) bond motifs is 9. The molecule has 238 valence electrons. The molecule has 8 aromatic carbocycles. The molecular formula is C48H30N2O. The largest absolute Gasteiger partial charge is 0.454 e. The minimum atomic E-state index is 0.892. The molecule has 51 heavy (non-hydrogen) atoms. The second-order valence-corrected chi connectivity index (χ2v) is 13.3. The number of benzene rings is 8. The molecule has 0 atom stereocenters. The van der Waals surface area contributed by atoms with Gasteiger partial charge in [-0.05, 0) is 76.9 Å². The van der Waals surface area contributed by atoms with Crippen LogP contribution in [0.1, 0.15) is 0 Å². The topological polar surface area (TPSA) is 23.0 Å². The Hall–Kier alpha value is -6.84. The summed E-state index contributed by atoms with van der Waals surface area (Å²) in [5, 5.41) is 7.16. The molecule has 0 radical (unpaired) electrons. The lowest BCUT2D eigenvalue weighted by molar-refractivity contribution is 0.666. The van der Waals surface area contributed by atoms with Gasteiger partial charge in [0.1, 0.15) is 5.58 Å². The van der Waals surface area contributed by atoms with E-state index in [0.29, 0.717) is 0 Å². The summed E-state index contributed by atoms with van der Waals surface area (Å²) in [5.74, 6) is 0. The van der Waals surface area contributed by atoms with Crippen molar-refractivity contribution in [1.29, 1.82) is 0 Å². The number of rotatable bonds is 4. The van der Waals surface area contributed by atoms with Gasteiger partial charge in [0.15, 0.2) is 5.58 Å². The third-order valence-electron chi connectivity index (χ3n) is 10.5. The zero-order valence-electron chi connectivity index (χ0n) is 27.6. The minimum absolute atomic E-state index is 0.892. The second-order valence-electron chi connectivity index (χ2n) is 13.3. The van der Waals surface area contributed by atoms with Gasteiger partial charge in [0.05, 0.1) is 27.8 Å². The maximum atomic E-state index is 6.62. The predicted molar refractivity (Wildman–Crippen MR) is 213 cm³/mol. The van der Waals surface area contributed by atoms with E-state index in [9.17, 15) is 0 Å². The second kappa shape index (κ2) is 10.8. The summed E-state index contributed by atoms with van der Waals surface area (Å²) in [4.78, 5) is 0. The van der Waals surface area contributed by atoms with Crippen LogP contribution >= 0.6 is 0 Å². The van der Waals surface area contributed by atoms with Crippen LogP contribution in [0.4, 0.5) is 0 Å². The Bertz CT molecular complexity index is 3130. The van der Waals surface area contributed by atoms with Crippen molar-refractivity contribution >= 4 is 65.6 Å². The highest BCUT2D eigenvalue weighted by molar-refractivity contribution is 6.16. The van der Waals surface area contributed by atoms with E-state index in [-0.39, 0.29) is 0 Å². The van der Waals surface area contributed by atoms with Gasteiger partial charge in [-0.2, -0.15) is 0 Å². The summed E-state index contributed by atoms with van der Waals surface area (Å²) >= 11 is 0. The molecule has 0 N–H and O–H groups in total. The first-order valence-electron chi connectivity index (χ1n) is 17.4. The monoisotopic (exact) mass is 650 g/mol. The van der Waals surface area contributed by atoms with Crippen molar-refractivity contribution in [2.24, 2.45) is 0 Å². The Kier molecular flexibility index (Phi) is 5.96. The normalized spacial score (nSPS) is 11.9. The Morgan fingerprint density at radius 1 is 0.333 bits per heavy atom. The van der Waals surface area contributed by atoms with E-state index >= 15 is 0 Å². The molecule has 0 saturated carbocycles. The van der Waals surface area contributed by atoms with Crippen LogP contribution in [-0.4, -0.2) is 9.13 Å². The summed E-state index contributed by atoms with van der Waals surface area (Å²) in [5.41, 5.74) is 13.4. The number of nitrogens with zero attached hydrogens (tertiary/aromatic N) is 2. The lowest BCUT2D eigenvalue weighted by Gasteiger charge is -2.15. The van der Waals surface area contributed by atoms with E-state index in [1.807, 2.05) is 6.07 Å². The van der Waals surface area contributed by atoms with Gasteiger partial charge in [0.2, 0.25) is 0 Å². The van der Waals surface area contributed by atoms with Crippen molar-refractivity contribution in [3.05, 3.63) is 182 Å². The highest BCUT2D eigenvalue weighted by Crippen LogP contribution is 2.44. The standard InChI is InChI=1S/C48H30N2O/c1-3-14-31(15-4-1)39-29-41-35-19-8-11-23-43(35)50(44-24-13-21-38-37-20-9-12-25-47(37)51-48(38)44)46(41)30-40(39)32-26-27-36-34-18-7-10-22-42(34)49(45(36)28-32)33-16-5-2-6-17-33/h1-30H. The molecule has 3 aromatic heterocycles. The van der Waals surface area contributed by atoms with E-state index in [4.69, 9.17) is 4.42 Å². The van der Waals surface area contributed by atoms with Crippen LogP contribution in [0.2, 0.25) is 0 Å². The molecule has 0 unspecified atom stereocenters. The average Bonchev–Trinajstić information content (AvgIpc) is 3.85. The lowest BCUT2D eigenvalue weighted by Crippen LogP contribution is -1.96. The molecule has 0 saturated heterocycles. The molecule has 0 aliphatic rings. The number of aromatic nitrogens is 2. The zero-order chi connectivity index (χ0) is 33.5. The summed E-state index contributed by atoms with van der Waals surface area (Å²) in [7, 11) is 0. The third kappa shape index (κ3) is 4.12. The molecule has 0 aliphatic carbocycles. The minimum Gasteiger partial charge on any atom is -0.454 e. The van der Waals surface area contributed by atoms with Gasteiger partial charge in [-0.15, -0.1) is 0 Å². The van der Waals surface area contributed by atoms with Gasteiger partial charge in [0, 0.05) is 38.0 Å². The van der Waals surface area contributed by atoms with E-state index in [1.165, 1.54) is 54.8 Å². The maximum absolute atomic E-state index is 6.62. The van der Waals surface area contributed by atoms with Crippen molar-refractivity contribution in [2.75, 3.05) is 0 Å². The predicted octanol–water partition coefficient (Wildman–Crippen LogP) is 13.1. The molecule has 11 rings (SSSR count). The van der Waals surface area contributed by atoms with Gasteiger partial charge in [-0.1, -0.05) is 127 Å². The number of furan rings is 1. The van der Waals surface area contributed by atoms with Crippen LogP contribution in [0, 0.1) is 0 Å². The van der Waals surface area contributed by atoms with Crippen LogP contribution in [0.5, 0.6) is 0 Å². The SMILES string of the molecule is c1ccc(-c2cc3c4ccccc4n(-c4cccc5c4oc4ccccc45)c3cc2-c2ccc3c4ccccc4n(-c4ccccc4)c3c2)cc1. The van der Waals surface area contributed by atoms with Crippen LogP contribution in [0.15, 0.2) is 186 Å². The van der Waals surface area contributed by atoms with Crippen LogP contribution in [-0.2, 0) is 0 Å². The zero-order valence-corrected chi connectivity index (χ0v) is 27.6. The first-order valence-corrected chi connectivity index (χ1v) is 17.4. The molecule has 0 fully saturated rings. The van der Waals surface area contributed by atoms with E-state index in [1.54, 1.807) is 0 Å². The summed E-state index contributed by atoms with van der Waals surface area (Å²) < 4.78 is 11.4. The molecular weight excluding hydrogens is 621 g/mol. The summed E-state index contributed by atoms with van der Waals surface area (Å²) in [6.07, 6.45) is 0. The van der Waals surface area contributed by atoms with Crippen molar-refractivity contribution in [3.8, 4) is 33.6 Å². The quantitative estimate of drug-likeness (QED) is 0.186. The molecule has 3 nitrogen and oxygen atoms in total. The van der Waals surface area contributed by atoms with Crippen LogP contribution in [0.3, 0.4) is 0 Å². The third-order valence-corrected chi connectivity index (χ3v) is 10.5. The van der Waals surface area contributed by atoms with Crippen molar-refractivity contribution in [2.45, 2.75) is 0 Å². The van der Waals surface area contributed by atoms with Gasteiger partial charge in [-0.25, -0.2) is 0 Å². The van der Waals surface area contributed by atoms with E-state index in [2.05, 4.69) is 185 Å². The number of hydrogen-bond donors (Lipinski definition) is 0. The molecule has 0 bridgehead atoms. The Morgan fingerprint density at radius 3 is 1.73 bits per heavy atom. The summed E-state index contributed by atoms with van der Waals surface area (Å²) in [6.45, 7) is 0. The maximum Gasteiger partial charge on any atom is 0.159 e. The average molecular weight is 651 g/mol. The van der Waals surface area contributed by atoms with Crippen LogP contribution in [0.25, 0.3) is 99.2 Å². The van der Waals surface area contributed by atoms with E-state index < -0.39 is 0 Å². The molecule has 3 heterocycles. The van der Waals surface area contributed by atoms with Gasteiger partial charge >= 0.3 is 0 Å². The number of hydrogen-bond acceptors (Lipinski definition) is 1. The van der Waals surface area contributed by atoms with Gasteiger partial charge in [-0.3, -0.25) is 0 Å². The molecule has 11 aromatic rings. The fourth-order valence-corrected chi connectivity index (χ4v) is 8.27. The van der Waals surface area contributed by atoms with E-state index in [0.717, 1.165) is 44.3 Å². The van der Waals surface area contributed by atoms with Crippen LogP contribution < -0.4 is 0 Å². The first kappa shape index (κ1) is 28.0.